The smallest absolute Gasteiger partial charge is 0.329 e. The number of imidazole rings is 1. The summed E-state index contributed by atoms with van der Waals surface area (Å²) in [6.07, 6.45) is 5.55. The highest BCUT2D eigenvalue weighted by atomic mass is 16.5. The molecule has 7 nitrogen and oxygen atoms in total. The van der Waals surface area contributed by atoms with Gasteiger partial charge in [0.15, 0.2) is 11.3 Å². The Balaban J connectivity index is 1.74. The molecule has 1 aliphatic carbocycles. The van der Waals surface area contributed by atoms with Crippen molar-refractivity contribution >= 4 is 11.3 Å². The molecule has 2 heterocycles. The zero-order valence-electron chi connectivity index (χ0n) is 14.0. The largest absolute Gasteiger partial charge is 0.508 e. The maximum atomic E-state index is 12.4. The van der Waals surface area contributed by atoms with Crippen LogP contribution in [0, 0.1) is 0 Å². The van der Waals surface area contributed by atoms with E-state index in [2.05, 4.69) is 15.0 Å². The molecule has 1 saturated carbocycles. The van der Waals surface area contributed by atoms with Crippen LogP contribution < -0.4 is 5.69 Å². The predicted molar refractivity (Wildman–Crippen MR) is 93.6 cm³/mol. The molecule has 0 radical (unpaired) electrons. The lowest BCUT2D eigenvalue weighted by Crippen LogP contribution is -2.28. The molecule has 2 aromatic heterocycles. The van der Waals surface area contributed by atoms with E-state index < -0.39 is 0 Å². The van der Waals surface area contributed by atoms with Gasteiger partial charge in [0.05, 0.1) is 18.0 Å². The van der Waals surface area contributed by atoms with Crippen molar-refractivity contribution in [2.75, 3.05) is 7.11 Å². The number of hydrogen-bond acceptors (Lipinski definition) is 5. The van der Waals surface area contributed by atoms with Crippen LogP contribution in [0.25, 0.3) is 22.6 Å². The summed E-state index contributed by atoms with van der Waals surface area (Å²) in [7, 11) is 1.73. The second-order valence-electron chi connectivity index (χ2n) is 6.44. The SMILES string of the molecule is CO[C@H]1CC[C@H](n2c(=O)[nH]c3ncc(-c4ccc(O)cc4)nc32)CC1. The second-order valence-corrected chi connectivity index (χ2v) is 6.44. The first-order chi connectivity index (χ1) is 12.2. The van der Waals surface area contributed by atoms with Gasteiger partial charge >= 0.3 is 5.69 Å². The fraction of sp³-hybridized carbons (Fsp3) is 0.389. The van der Waals surface area contributed by atoms with Gasteiger partial charge in [-0.1, -0.05) is 0 Å². The van der Waals surface area contributed by atoms with Crippen molar-refractivity contribution in [1.82, 2.24) is 19.5 Å². The van der Waals surface area contributed by atoms with Crippen molar-refractivity contribution in [3.05, 3.63) is 40.9 Å². The van der Waals surface area contributed by atoms with Crippen LogP contribution in [-0.2, 0) is 4.74 Å². The predicted octanol–water partition coefficient (Wildman–Crippen LogP) is 2.62. The van der Waals surface area contributed by atoms with Crippen molar-refractivity contribution < 1.29 is 9.84 Å². The molecule has 0 unspecified atom stereocenters. The molecule has 0 aliphatic heterocycles. The van der Waals surface area contributed by atoms with Gasteiger partial charge in [-0.05, 0) is 49.9 Å². The average molecular weight is 340 g/mol. The Morgan fingerprint density at radius 1 is 1.20 bits per heavy atom. The van der Waals surface area contributed by atoms with Gasteiger partial charge in [-0.3, -0.25) is 9.55 Å². The molecule has 130 valence electrons. The fourth-order valence-corrected chi connectivity index (χ4v) is 3.54. The topological polar surface area (TPSA) is 93.0 Å². The van der Waals surface area contributed by atoms with Crippen LogP contribution in [0.5, 0.6) is 5.75 Å². The van der Waals surface area contributed by atoms with E-state index in [4.69, 9.17) is 4.74 Å². The Hall–Kier alpha value is -2.67. The number of ether oxygens (including phenoxy) is 1. The van der Waals surface area contributed by atoms with Crippen molar-refractivity contribution in [2.24, 2.45) is 0 Å². The summed E-state index contributed by atoms with van der Waals surface area (Å²) in [4.78, 5) is 24.3. The average Bonchev–Trinajstić information content (AvgIpc) is 2.97. The van der Waals surface area contributed by atoms with E-state index in [-0.39, 0.29) is 23.6 Å². The number of benzene rings is 1. The highest BCUT2D eigenvalue weighted by Gasteiger charge is 2.25. The van der Waals surface area contributed by atoms with Crippen LogP contribution in [0.15, 0.2) is 35.3 Å². The van der Waals surface area contributed by atoms with Gasteiger partial charge in [0.25, 0.3) is 0 Å². The van der Waals surface area contributed by atoms with Gasteiger partial charge in [-0.25, -0.2) is 14.8 Å². The first-order valence-electron chi connectivity index (χ1n) is 8.45. The van der Waals surface area contributed by atoms with Crippen LogP contribution in [0.4, 0.5) is 0 Å². The number of methoxy groups -OCH3 is 1. The molecule has 1 aromatic carbocycles. The van der Waals surface area contributed by atoms with Crippen LogP contribution in [0.2, 0.25) is 0 Å². The molecule has 0 saturated heterocycles. The third-order valence-electron chi connectivity index (χ3n) is 4.93. The maximum absolute atomic E-state index is 12.4. The molecule has 2 N–H and O–H groups in total. The van der Waals surface area contributed by atoms with Crippen molar-refractivity contribution in [3.63, 3.8) is 0 Å². The fourth-order valence-electron chi connectivity index (χ4n) is 3.54. The molecule has 7 heteroatoms. The molecule has 25 heavy (non-hydrogen) atoms. The highest BCUT2D eigenvalue weighted by Crippen LogP contribution is 2.30. The van der Waals surface area contributed by atoms with E-state index >= 15 is 0 Å². The summed E-state index contributed by atoms with van der Waals surface area (Å²) in [5, 5.41) is 9.44. The normalized spacial score (nSPS) is 20.8. The summed E-state index contributed by atoms with van der Waals surface area (Å²) < 4.78 is 7.15. The molecule has 0 bridgehead atoms. The molecule has 4 rings (SSSR count). The van der Waals surface area contributed by atoms with Crippen LogP contribution in [0.1, 0.15) is 31.7 Å². The third kappa shape index (κ3) is 2.91. The number of H-pyrrole nitrogens is 1. The first-order valence-corrected chi connectivity index (χ1v) is 8.45. The van der Waals surface area contributed by atoms with E-state index in [9.17, 15) is 9.90 Å². The summed E-state index contributed by atoms with van der Waals surface area (Å²) >= 11 is 0. The quantitative estimate of drug-likeness (QED) is 0.764. The summed E-state index contributed by atoms with van der Waals surface area (Å²) in [6, 6.07) is 6.89. The molecule has 1 fully saturated rings. The Labute approximate surface area is 144 Å². The van der Waals surface area contributed by atoms with E-state index in [0.717, 1.165) is 31.2 Å². The van der Waals surface area contributed by atoms with Crippen molar-refractivity contribution in [3.8, 4) is 17.0 Å². The minimum absolute atomic E-state index is 0.108. The van der Waals surface area contributed by atoms with E-state index in [0.29, 0.717) is 17.0 Å². The van der Waals surface area contributed by atoms with Gasteiger partial charge in [-0.2, -0.15) is 0 Å². The number of fused-ring (bicyclic) bond motifs is 1. The number of nitrogens with one attached hydrogen (secondary N) is 1. The monoisotopic (exact) mass is 340 g/mol. The number of hydrogen-bond donors (Lipinski definition) is 2. The number of aromatic nitrogens is 4. The minimum Gasteiger partial charge on any atom is -0.508 e. The molecular formula is C18H20N4O3. The zero-order chi connectivity index (χ0) is 17.4. The second kappa shape index (κ2) is 6.33. The number of nitrogens with zero attached hydrogens (tertiary/aromatic N) is 3. The Kier molecular flexibility index (Phi) is 4.01. The third-order valence-corrected chi connectivity index (χ3v) is 4.93. The summed E-state index contributed by atoms with van der Waals surface area (Å²) in [6.45, 7) is 0. The number of aromatic amines is 1. The lowest BCUT2D eigenvalue weighted by molar-refractivity contribution is 0.0585. The summed E-state index contributed by atoms with van der Waals surface area (Å²) in [5.41, 5.74) is 2.43. The summed E-state index contributed by atoms with van der Waals surface area (Å²) in [5.74, 6) is 0.200. The maximum Gasteiger partial charge on any atom is 0.329 e. The van der Waals surface area contributed by atoms with Crippen LogP contribution in [0.3, 0.4) is 0 Å². The molecule has 0 spiro atoms. The van der Waals surface area contributed by atoms with Crippen molar-refractivity contribution in [2.45, 2.75) is 37.8 Å². The number of rotatable bonds is 3. The number of phenolic OH excluding ortho intramolecular Hbond substituents is 1. The number of phenols is 1. The zero-order valence-corrected chi connectivity index (χ0v) is 14.0. The van der Waals surface area contributed by atoms with E-state index in [1.54, 1.807) is 42.1 Å². The number of aromatic hydroxyl groups is 1. The minimum atomic E-state index is -0.168. The Morgan fingerprint density at radius 3 is 2.60 bits per heavy atom. The molecule has 3 aromatic rings. The molecule has 0 atom stereocenters. The highest BCUT2D eigenvalue weighted by molar-refractivity contribution is 5.71. The Bertz CT molecular complexity index is 937. The van der Waals surface area contributed by atoms with Crippen LogP contribution in [-0.4, -0.2) is 37.8 Å². The molecular weight excluding hydrogens is 320 g/mol. The molecule has 1 aliphatic rings. The molecule has 0 amide bonds. The standard InChI is InChI=1S/C18H20N4O3/c1-25-14-8-4-12(5-9-14)22-17-16(21-18(22)24)19-10-15(20-17)11-2-6-13(23)7-3-11/h2-3,6-7,10,12,14,23H,4-5,8-9H2,1H3,(H,19,21,24)/t12-,14-. The first kappa shape index (κ1) is 15.8. The Morgan fingerprint density at radius 2 is 1.92 bits per heavy atom. The van der Waals surface area contributed by atoms with Gasteiger partial charge < -0.3 is 9.84 Å². The van der Waals surface area contributed by atoms with Gasteiger partial charge in [-0.15, -0.1) is 0 Å². The van der Waals surface area contributed by atoms with Gasteiger partial charge in [0, 0.05) is 18.7 Å². The van der Waals surface area contributed by atoms with E-state index in [1.165, 1.54) is 0 Å². The van der Waals surface area contributed by atoms with Gasteiger partial charge in [0.2, 0.25) is 0 Å². The lowest BCUT2D eigenvalue weighted by atomic mass is 9.93. The van der Waals surface area contributed by atoms with Gasteiger partial charge in [0.1, 0.15) is 5.75 Å². The van der Waals surface area contributed by atoms with E-state index in [1.807, 2.05) is 0 Å². The van der Waals surface area contributed by atoms with Crippen LogP contribution >= 0.6 is 0 Å². The lowest BCUT2D eigenvalue weighted by Gasteiger charge is -2.28. The van der Waals surface area contributed by atoms with Crippen molar-refractivity contribution in [1.29, 1.82) is 0 Å².